The molecule has 0 bridgehead atoms. The van der Waals surface area contributed by atoms with Gasteiger partial charge < -0.3 is 5.32 Å². The molecule has 0 radical (unpaired) electrons. The Balaban J connectivity index is 1.48. The number of amides is 2. The number of anilines is 1. The highest BCUT2D eigenvalue weighted by Gasteiger charge is 2.34. The molecule has 1 aliphatic heterocycles. The van der Waals surface area contributed by atoms with Crippen molar-refractivity contribution in [3.05, 3.63) is 59.7 Å². The van der Waals surface area contributed by atoms with Crippen LogP contribution < -0.4 is 5.32 Å². The van der Waals surface area contributed by atoms with Gasteiger partial charge >= 0.3 is 0 Å². The molecule has 0 fully saturated rings. The Morgan fingerprint density at radius 1 is 0.963 bits per heavy atom. The fourth-order valence-electron chi connectivity index (χ4n) is 3.09. The summed E-state index contributed by atoms with van der Waals surface area (Å²) in [4.78, 5) is 35.3. The first-order chi connectivity index (χ1) is 13.2. The predicted molar refractivity (Wildman–Crippen MR) is 106 cm³/mol. The minimum atomic E-state index is -0.232. The molecule has 1 N–H and O–H groups in total. The summed E-state index contributed by atoms with van der Waals surface area (Å²) >= 11 is 1.44. The number of imide groups is 1. The van der Waals surface area contributed by atoms with Gasteiger partial charge in [-0.15, -0.1) is 0 Å². The monoisotopic (exact) mass is 378 g/mol. The number of carbonyl (C=O) groups excluding carboxylic acids is 2. The standard InChI is InChI=1S/C20H18N4O2S/c1-2-21-17-15-9-5-6-10-16(15)22-20(23-17)27-12-11-24-18(25)13-7-3-4-8-14(13)19(24)26/h3-10H,2,11-12H2,1H3,(H,21,22,23). The third-order valence-electron chi connectivity index (χ3n) is 4.35. The summed E-state index contributed by atoms with van der Waals surface area (Å²) in [6, 6.07) is 14.8. The largest absolute Gasteiger partial charge is 0.370 e. The summed E-state index contributed by atoms with van der Waals surface area (Å²) in [5.41, 5.74) is 1.82. The number of nitrogens with zero attached hydrogens (tertiary/aromatic N) is 3. The zero-order valence-electron chi connectivity index (χ0n) is 14.8. The topological polar surface area (TPSA) is 75.2 Å². The second kappa shape index (κ2) is 7.36. The summed E-state index contributed by atoms with van der Waals surface area (Å²) in [6.07, 6.45) is 0. The van der Waals surface area contributed by atoms with Crippen LogP contribution in [0, 0.1) is 0 Å². The van der Waals surface area contributed by atoms with Gasteiger partial charge in [-0.3, -0.25) is 14.5 Å². The van der Waals surface area contributed by atoms with Gasteiger partial charge in [-0.1, -0.05) is 36.0 Å². The molecule has 0 atom stereocenters. The van der Waals surface area contributed by atoms with Gasteiger partial charge in [0.15, 0.2) is 5.16 Å². The van der Waals surface area contributed by atoms with Crippen LogP contribution in [-0.4, -0.2) is 45.5 Å². The van der Waals surface area contributed by atoms with E-state index in [0.717, 1.165) is 23.3 Å². The van der Waals surface area contributed by atoms with E-state index < -0.39 is 0 Å². The number of para-hydroxylation sites is 1. The van der Waals surface area contributed by atoms with Crippen molar-refractivity contribution in [3.63, 3.8) is 0 Å². The third kappa shape index (κ3) is 3.26. The van der Waals surface area contributed by atoms with Crippen LogP contribution in [0.3, 0.4) is 0 Å². The highest BCUT2D eigenvalue weighted by atomic mass is 32.2. The molecule has 0 aliphatic carbocycles. The maximum Gasteiger partial charge on any atom is 0.261 e. The number of fused-ring (bicyclic) bond motifs is 2. The molecule has 1 aliphatic rings. The Bertz CT molecular complexity index is 1000. The van der Waals surface area contributed by atoms with Crippen molar-refractivity contribution in [2.24, 2.45) is 0 Å². The van der Waals surface area contributed by atoms with Gasteiger partial charge in [0.05, 0.1) is 16.6 Å². The van der Waals surface area contributed by atoms with Gasteiger partial charge in [0.25, 0.3) is 11.8 Å². The molecule has 136 valence electrons. The molecule has 7 heteroatoms. The first-order valence-corrected chi connectivity index (χ1v) is 9.76. The van der Waals surface area contributed by atoms with Crippen LogP contribution in [0.1, 0.15) is 27.6 Å². The van der Waals surface area contributed by atoms with E-state index in [0.29, 0.717) is 28.6 Å². The molecule has 6 nitrogen and oxygen atoms in total. The van der Waals surface area contributed by atoms with E-state index in [2.05, 4.69) is 15.3 Å². The lowest BCUT2D eigenvalue weighted by Crippen LogP contribution is -2.31. The van der Waals surface area contributed by atoms with Crippen molar-refractivity contribution in [1.29, 1.82) is 0 Å². The van der Waals surface area contributed by atoms with Crippen LogP contribution in [0.15, 0.2) is 53.7 Å². The van der Waals surface area contributed by atoms with Crippen molar-refractivity contribution in [1.82, 2.24) is 14.9 Å². The van der Waals surface area contributed by atoms with Gasteiger partial charge in [-0.2, -0.15) is 0 Å². The Morgan fingerprint density at radius 2 is 1.63 bits per heavy atom. The third-order valence-corrected chi connectivity index (χ3v) is 5.18. The number of rotatable bonds is 6. The number of hydrogen-bond donors (Lipinski definition) is 1. The van der Waals surface area contributed by atoms with Crippen molar-refractivity contribution < 1.29 is 9.59 Å². The van der Waals surface area contributed by atoms with E-state index in [9.17, 15) is 9.59 Å². The second-order valence-corrected chi connectivity index (χ2v) is 7.12. The summed E-state index contributed by atoms with van der Waals surface area (Å²) in [6.45, 7) is 3.11. The molecule has 4 rings (SSSR count). The quantitative estimate of drug-likeness (QED) is 0.402. The van der Waals surface area contributed by atoms with Crippen LogP contribution in [0.2, 0.25) is 0 Å². The number of aromatic nitrogens is 2. The van der Waals surface area contributed by atoms with Crippen molar-refractivity contribution >= 4 is 40.3 Å². The van der Waals surface area contributed by atoms with E-state index >= 15 is 0 Å². The number of carbonyl (C=O) groups is 2. The SMILES string of the molecule is CCNc1nc(SCCN2C(=O)c3ccccc3C2=O)nc2ccccc12. The summed E-state index contributed by atoms with van der Waals surface area (Å²) in [7, 11) is 0. The number of benzene rings is 2. The zero-order chi connectivity index (χ0) is 18.8. The smallest absolute Gasteiger partial charge is 0.261 e. The maximum absolute atomic E-state index is 12.4. The van der Waals surface area contributed by atoms with Crippen LogP contribution in [0.4, 0.5) is 5.82 Å². The minimum Gasteiger partial charge on any atom is -0.370 e. The van der Waals surface area contributed by atoms with Gasteiger partial charge in [0, 0.05) is 24.2 Å². The summed E-state index contributed by atoms with van der Waals surface area (Å²) in [5.74, 6) is 0.870. The number of thioether (sulfide) groups is 1. The molecule has 2 amide bonds. The average molecular weight is 378 g/mol. The Hall–Kier alpha value is -2.93. The fourth-order valence-corrected chi connectivity index (χ4v) is 3.87. The van der Waals surface area contributed by atoms with Crippen molar-refractivity contribution in [2.75, 3.05) is 24.2 Å². The van der Waals surface area contributed by atoms with Crippen LogP contribution in [-0.2, 0) is 0 Å². The molecule has 0 saturated heterocycles. The molecule has 3 aromatic rings. The molecule has 0 spiro atoms. The average Bonchev–Trinajstić information content (AvgIpc) is 2.93. The lowest BCUT2D eigenvalue weighted by Gasteiger charge is -2.13. The minimum absolute atomic E-state index is 0.232. The highest BCUT2D eigenvalue weighted by Crippen LogP contribution is 2.26. The molecule has 2 aromatic carbocycles. The summed E-state index contributed by atoms with van der Waals surface area (Å²) in [5, 5.41) is 4.87. The first kappa shape index (κ1) is 17.5. The molecule has 1 aromatic heterocycles. The highest BCUT2D eigenvalue weighted by molar-refractivity contribution is 7.99. The van der Waals surface area contributed by atoms with Crippen LogP contribution >= 0.6 is 11.8 Å². The fraction of sp³-hybridized carbons (Fsp3) is 0.200. The van der Waals surface area contributed by atoms with E-state index in [1.807, 2.05) is 31.2 Å². The normalized spacial score (nSPS) is 13.3. The van der Waals surface area contributed by atoms with Gasteiger partial charge in [0.2, 0.25) is 0 Å². The van der Waals surface area contributed by atoms with E-state index in [-0.39, 0.29) is 11.8 Å². The Morgan fingerprint density at radius 3 is 2.33 bits per heavy atom. The van der Waals surface area contributed by atoms with Crippen LogP contribution in [0.25, 0.3) is 10.9 Å². The van der Waals surface area contributed by atoms with Crippen LogP contribution in [0.5, 0.6) is 0 Å². The van der Waals surface area contributed by atoms with Crippen molar-refractivity contribution in [2.45, 2.75) is 12.1 Å². The van der Waals surface area contributed by atoms with Gasteiger partial charge in [-0.05, 0) is 31.2 Å². The molecular formula is C20H18N4O2S. The molecule has 2 heterocycles. The van der Waals surface area contributed by atoms with E-state index in [1.165, 1.54) is 16.7 Å². The number of nitrogens with one attached hydrogen (secondary N) is 1. The first-order valence-electron chi connectivity index (χ1n) is 8.77. The molecule has 0 unspecified atom stereocenters. The molecule has 27 heavy (non-hydrogen) atoms. The summed E-state index contributed by atoms with van der Waals surface area (Å²) < 4.78 is 0. The van der Waals surface area contributed by atoms with Crippen molar-refractivity contribution in [3.8, 4) is 0 Å². The zero-order valence-corrected chi connectivity index (χ0v) is 15.6. The molecule has 0 saturated carbocycles. The lowest BCUT2D eigenvalue weighted by atomic mass is 10.1. The molecular weight excluding hydrogens is 360 g/mol. The van der Waals surface area contributed by atoms with Gasteiger partial charge in [0.1, 0.15) is 5.82 Å². The van der Waals surface area contributed by atoms with E-state index in [4.69, 9.17) is 0 Å². The predicted octanol–water partition coefficient (Wildman–Crippen LogP) is 3.45. The Labute approximate surface area is 161 Å². The maximum atomic E-state index is 12.4. The Kier molecular flexibility index (Phi) is 4.77. The number of hydrogen-bond acceptors (Lipinski definition) is 6. The second-order valence-electron chi connectivity index (χ2n) is 6.06. The van der Waals surface area contributed by atoms with E-state index in [1.54, 1.807) is 24.3 Å². The lowest BCUT2D eigenvalue weighted by molar-refractivity contribution is 0.0664. The van der Waals surface area contributed by atoms with Gasteiger partial charge in [-0.25, -0.2) is 9.97 Å².